The van der Waals surface area contributed by atoms with Gasteiger partial charge in [0.15, 0.2) is 11.5 Å². The summed E-state index contributed by atoms with van der Waals surface area (Å²) < 4.78 is 0. The van der Waals surface area contributed by atoms with Gasteiger partial charge in [-0.2, -0.15) is 0 Å². The molecule has 0 aliphatic heterocycles. The monoisotopic (exact) mass is 199 g/mol. The fourth-order valence-electron chi connectivity index (χ4n) is 0.916. The summed E-state index contributed by atoms with van der Waals surface area (Å²) in [7, 11) is 0. The summed E-state index contributed by atoms with van der Waals surface area (Å²) >= 11 is 5.77. The minimum atomic E-state index is -0.225. The molecule has 0 aliphatic rings. The largest absolute Gasteiger partial charge is 0.504 e. The molecule has 0 spiro atoms. The van der Waals surface area contributed by atoms with Crippen LogP contribution in [0.15, 0.2) is 18.2 Å². The van der Waals surface area contributed by atoms with Crippen LogP contribution in [0.2, 0.25) is 5.02 Å². The molecule has 0 atom stereocenters. The molecule has 4 N–H and O–H groups in total. The van der Waals surface area contributed by atoms with E-state index in [0.717, 1.165) is 0 Å². The normalized spacial score (nSPS) is 10.9. The van der Waals surface area contributed by atoms with Crippen LogP contribution in [-0.2, 0) is 0 Å². The van der Waals surface area contributed by atoms with Gasteiger partial charge in [-0.1, -0.05) is 23.8 Å². The van der Waals surface area contributed by atoms with Crippen molar-refractivity contribution in [2.45, 2.75) is 0 Å². The van der Waals surface area contributed by atoms with Crippen molar-refractivity contribution in [2.24, 2.45) is 5.73 Å². The number of halogens is 1. The van der Waals surface area contributed by atoms with E-state index in [-0.39, 0.29) is 11.5 Å². The minimum Gasteiger partial charge on any atom is -0.504 e. The van der Waals surface area contributed by atoms with Crippen LogP contribution in [0.25, 0.3) is 6.08 Å². The lowest BCUT2D eigenvalue weighted by Gasteiger charge is -2.03. The van der Waals surface area contributed by atoms with Crippen LogP contribution in [0.4, 0.5) is 0 Å². The van der Waals surface area contributed by atoms with E-state index < -0.39 is 0 Å². The van der Waals surface area contributed by atoms with E-state index in [2.05, 4.69) is 0 Å². The molecule has 0 saturated heterocycles. The number of rotatable bonds is 2. The number of hydrogen-bond acceptors (Lipinski definition) is 3. The van der Waals surface area contributed by atoms with Gasteiger partial charge >= 0.3 is 0 Å². The highest BCUT2D eigenvalue weighted by Crippen LogP contribution is 2.34. The van der Waals surface area contributed by atoms with Gasteiger partial charge in [0.2, 0.25) is 0 Å². The second kappa shape index (κ2) is 4.16. The van der Waals surface area contributed by atoms with Gasteiger partial charge in [0.1, 0.15) is 0 Å². The van der Waals surface area contributed by atoms with Crippen LogP contribution < -0.4 is 5.73 Å². The van der Waals surface area contributed by atoms with Gasteiger partial charge in [0, 0.05) is 12.1 Å². The maximum Gasteiger partial charge on any atom is 0.166 e. The Bertz CT molecular complexity index is 337. The highest BCUT2D eigenvalue weighted by molar-refractivity contribution is 6.32. The molecule has 1 aromatic carbocycles. The Morgan fingerprint density at radius 1 is 1.38 bits per heavy atom. The quantitative estimate of drug-likeness (QED) is 0.636. The van der Waals surface area contributed by atoms with Crippen LogP contribution in [0.5, 0.6) is 11.5 Å². The van der Waals surface area contributed by atoms with E-state index in [4.69, 9.17) is 22.4 Å². The third kappa shape index (κ3) is 2.14. The van der Waals surface area contributed by atoms with E-state index in [0.29, 0.717) is 17.1 Å². The van der Waals surface area contributed by atoms with Crippen LogP contribution >= 0.6 is 11.6 Å². The topological polar surface area (TPSA) is 66.5 Å². The summed E-state index contributed by atoms with van der Waals surface area (Å²) in [6.45, 7) is 0.353. The number of nitrogens with two attached hydrogens (primary N) is 1. The maximum absolute atomic E-state index is 9.38. The molecule has 13 heavy (non-hydrogen) atoms. The molecule has 3 nitrogen and oxygen atoms in total. The molecule has 4 heteroatoms. The van der Waals surface area contributed by atoms with Crippen molar-refractivity contribution >= 4 is 17.7 Å². The Labute approximate surface area is 81.1 Å². The molecular formula is C9H10ClNO2. The average Bonchev–Trinajstić information content (AvgIpc) is 2.12. The SMILES string of the molecule is NC/C=C/c1c(Cl)ccc(O)c1O. The molecule has 0 heterocycles. The molecule has 1 aromatic rings. The predicted molar refractivity (Wildman–Crippen MR) is 52.9 cm³/mol. The van der Waals surface area contributed by atoms with Crippen molar-refractivity contribution < 1.29 is 10.2 Å². The molecule has 0 amide bonds. The summed E-state index contributed by atoms with van der Waals surface area (Å²) in [4.78, 5) is 0. The molecule has 0 saturated carbocycles. The van der Waals surface area contributed by atoms with E-state index >= 15 is 0 Å². The number of phenolic OH excluding ortho intramolecular Hbond substituents is 2. The first-order valence-electron chi connectivity index (χ1n) is 3.74. The standard InChI is InChI=1S/C9H10ClNO2/c10-7-3-4-8(12)9(13)6(7)2-1-5-11/h1-4,12-13H,5,11H2/b2-1+. The third-order valence-electron chi connectivity index (χ3n) is 1.56. The van der Waals surface area contributed by atoms with E-state index in [1.807, 2.05) is 0 Å². The Balaban J connectivity index is 3.17. The lowest BCUT2D eigenvalue weighted by Crippen LogP contribution is -1.92. The van der Waals surface area contributed by atoms with Gasteiger partial charge in [-0.15, -0.1) is 0 Å². The summed E-state index contributed by atoms with van der Waals surface area (Å²) in [5.74, 6) is -0.418. The molecule has 0 unspecified atom stereocenters. The summed E-state index contributed by atoms with van der Waals surface area (Å²) in [6.07, 6.45) is 3.21. The Morgan fingerprint density at radius 2 is 2.08 bits per heavy atom. The fourth-order valence-corrected chi connectivity index (χ4v) is 1.13. The van der Waals surface area contributed by atoms with Crippen molar-refractivity contribution in [1.29, 1.82) is 0 Å². The molecule has 0 radical (unpaired) electrons. The highest BCUT2D eigenvalue weighted by atomic mass is 35.5. The minimum absolute atomic E-state index is 0.193. The average molecular weight is 200 g/mol. The number of phenols is 2. The smallest absolute Gasteiger partial charge is 0.166 e. The van der Waals surface area contributed by atoms with Gasteiger partial charge in [-0.05, 0) is 12.1 Å². The first-order valence-corrected chi connectivity index (χ1v) is 4.11. The Hall–Kier alpha value is -1.19. The zero-order chi connectivity index (χ0) is 9.84. The Kier molecular flexibility index (Phi) is 3.17. The fraction of sp³-hybridized carbons (Fsp3) is 0.111. The Morgan fingerprint density at radius 3 is 2.69 bits per heavy atom. The van der Waals surface area contributed by atoms with E-state index in [1.165, 1.54) is 12.1 Å². The van der Waals surface area contributed by atoms with Crippen LogP contribution in [0.3, 0.4) is 0 Å². The highest BCUT2D eigenvalue weighted by Gasteiger charge is 2.07. The van der Waals surface area contributed by atoms with Crippen LogP contribution in [0.1, 0.15) is 5.56 Å². The second-order valence-corrected chi connectivity index (χ2v) is 2.87. The predicted octanol–water partition coefficient (Wildman–Crippen LogP) is 1.72. The molecule has 70 valence electrons. The van der Waals surface area contributed by atoms with Gasteiger partial charge in [-0.3, -0.25) is 0 Å². The molecular weight excluding hydrogens is 190 g/mol. The van der Waals surface area contributed by atoms with E-state index in [9.17, 15) is 5.11 Å². The lowest BCUT2D eigenvalue weighted by atomic mass is 10.1. The summed E-state index contributed by atoms with van der Waals surface area (Å²) in [6, 6.07) is 2.84. The molecule has 0 bridgehead atoms. The van der Waals surface area contributed by atoms with Gasteiger partial charge in [0.05, 0.1) is 5.02 Å². The van der Waals surface area contributed by atoms with Crippen molar-refractivity contribution in [3.8, 4) is 11.5 Å². The lowest BCUT2D eigenvalue weighted by molar-refractivity contribution is 0.403. The third-order valence-corrected chi connectivity index (χ3v) is 1.89. The van der Waals surface area contributed by atoms with Crippen molar-refractivity contribution in [2.75, 3.05) is 6.54 Å². The molecule has 0 aliphatic carbocycles. The number of hydrogen-bond donors (Lipinski definition) is 3. The van der Waals surface area contributed by atoms with Crippen LogP contribution in [0, 0.1) is 0 Å². The molecule has 0 fully saturated rings. The van der Waals surface area contributed by atoms with Crippen molar-refractivity contribution in [3.05, 3.63) is 28.8 Å². The van der Waals surface area contributed by atoms with Crippen molar-refractivity contribution in [1.82, 2.24) is 0 Å². The first kappa shape index (κ1) is 9.89. The molecule has 0 aromatic heterocycles. The molecule has 1 rings (SSSR count). The summed E-state index contributed by atoms with van der Waals surface area (Å²) in [5, 5.41) is 18.9. The zero-order valence-electron chi connectivity index (χ0n) is 6.87. The van der Waals surface area contributed by atoms with Crippen molar-refractivity contribution in [3.63, 3.8) is 0 Å². The van der Waals surface area contributed by atoms with Gasteiger partial charge < -0.3 is 15.9 Å². The van der Waals surface area contributed by atoms with E-state index in [1.54, 1.807) is 12.2 Å². The maximum atomic E-state index is 9.38. The zero-order valence-corrected chi connectivity index (χ0v) is 7.62. The second-order valence-electron chi connectivity index (χ2n) is 2.47. The van der Waals surface area contributed by atoms with Gasteiger partial charge in [-0.25, -0.2) is 0 Å². The number of benzene rings is 1. The van der Waals surface area contributed by atoms with Crippen LogP contribution in [-0.4, -0.2) is 16.8 Å². The number of aromatic hydroxyl groups is 2. The van der Waals surface area contributed by atoms with Gasteiger partial charge in [0.25, 0.3) is 0 Å². The first-order chi connectivity index (χ1) is 6.16. The summed E-state index contributed by atoms with van der Waals surface area (Å²) in [5.41, 5.74) is 5.62.